The summed E-state index contributed by atoms with van der Waals surface area (Å²) < 4.78 is 0. The molecule has 1 heterocycles. The summed E-state index contributed by atoms with van der Waals surface area (Å²) in [4.78, 5) is 18.1. The first-order chi connectivity index (χ1) is 9.65. The van der Waals surface area contributed by atoms with Crippen LogP contribution in [0.15, 0.2) is 4.99 Å². The maximum atomic E-state index is 11.8. The van der Waals surface area contributed by atoms with Gasteiger partial charge in [0.1, 0.15) is 0 Å². The first kappa shape index (κ1) is 15.1. The molecule has 0 aromatic carbocycles. The zero-order chi connectivity index (χ0) is 14.5. The fraction of sp³-hybridized carbons (Fsp3) is 0.867. The minimum absolute atomic E-state index is 0.325. The number of aliphatic imine (C=N–C) groups is 1. The van der Waals surface area contributed by atoms with Crippen LogP contribution in [-0.4, -0.2) is 49.0 Å². The summed E-state index contributed by atoms with van der Waals surface area (Å²) in [5.41, 5.74) is 0. The highest BCUT2D eigenvalue weighted by atomic mass is 16.2. The predicted octanol–water partition coefficient (Wildman–Crippen LogP) is 1.35. The summed E-state index contributed by atoms with van der Waals surface area (Å²) in [5.74, 6) is 1.98. The van der Waals surface area contributed by atoms with Crippen molar-refractivity contribution in [2.75, 3.05) is 20.1 Å². The molecule has 0 spiro atoms. The fourth-order valence-corrected chi connectivity index (χ4v) is 2.89. The van der Waals surface area contributed by atoms with Crippen LogP contribution >= 0.6 is 0 Å². The van der Waals surface area contributed by atoms with E-state index in [2.05, 4.69) is 34.4 Å². The molecule has 5 heteroatoms. The van der Waals surface area contributed by atoms with Crippen LogP contribution in [0.25, 0.3) is 0 Å². The molecule has 5 nitrogen and oxygen atoms in total. The lowest BCUT2D eigenvalue weighted by Gasteiger charge is -2.27. The van der Waals surface area contributed by atoms with Gasteiger partial charge in [-0.3, -0.25) is 9.79 Å². The Morgan fingerprint density at radius 3 is 2.80 bits per heavy atom. The van der Waals surface area contributed by atoms with Gasteiger partial charge in [0.25, 0.3) is 0 Å². The molecule has 2 rings (SSSR count). The number of amides is 1. The van der Waals surface area contributed by atoms with Crippen molar-refractivity contribution < 1.29 is 4.79 Å². The van der Waals surface area contributed by atoms with E-state index in [-0.39, 0.29) is 0 Å². The third-order valence-corrected chi connectivity index (χ3v) is 4.45. The molecule has 3 unspecified atom stereocenters. The van der Waals surface area contributed by atoms with E-state index < -0.39 is 0 Å². The van der Waals surface area contributed by atoms with Crippen LogP contribution in [0.5, 0.6) is 0 Å². The van der Waals surface area contributed by atoms with Crippen molar-refractivity contribution in [3.05, 3.63) is 0 Å². The van der Waals surface area contributed by atoms with Gasteiger partial charge in [0.15, 0.2) is 5.96 Å². The third-order valence-electron chi connectivity index (χ3n) is 4.45. The number of nitrogens with one attached hydrogen (secondary N) is 2. The molecule has 2 aliphatic rings. The number of rotatable bonds is 6. The van der Waals surface area contributed by atoms with Gasteiger partial charge in [-0.1, -0.05) is 13.8 Å². The molecule has 0 aromatic rings. The summed E-state index contributed by atoms with van der Waals surface area (Å²) >= 11 is 0. The van der Waals surface area contributed by atoms with Gasteiger partial charge in [-0.2, -0.15) is 0 Å². The summed E-state index contributed by atoms with van der Waals surface area (Å²) in [6.07, 6.45) is 5.00. The van der Waals surface area contributed by atoms with Gasteiger partial charge < -0.3 is 15.5 Å². The van der Waals surface area contributed by atoms with Crippen LogP contribution in [0.2, 0.25) is 0 Å². The van der Waals surface area contributed by atoms with Crippen LogP contribution in [-0.2, 0) is 4.79 Å². The lowest BCUT2D eigenvalue weighted by molar-refractivity contribution is -0.129. The van der Waals surface area contributed by atoms with Gasteiger partial charge in [0, 0.05) is 38.6 Å². The third kappa shape index (κ3) is 3.87. The molecule has 20 heavy (non-hydrogen) atoms. The van der Waals surface area contributed by atoms with Crippen molar-refractivity contribution in [2.24, 2.45) is 10.9 Å². The Morgan fingerprint density at radius 1 is 1.55 bits per heavy atom. The zero-order valence-corrected chi connectivity index (χ0v) is 13.0. The number of nitrogens with zero attached hydrogens (tertiary/aromatic N) is 2. The van der Waals surface area contributed by atoms with E-state index in [1.54, 1.807) is 0 Å². The minimum atomic E-state index is 0.325. The van der Waals surface area contributed by atoms with Crippen molar-refractivity contribution in [3.8, 4) is 0 Å². The topological polar surface area (TPSA) is 56.7 Å². The molecular weight excluding hydrogens is 252 g/mol. The quantitative estimate of drug-likeness (QED) is 0.570. The van der Waals surface area contributed by atoms with Gasteiger partial charge >= 0.3 is 0 Å². The van der Waals surface area contributed by atoms with Crippen LogP contribution < -0.4 is 10.6 Å². The molecule has 2 N–H and O–H groups in total. The summed E-state index contributed by atoms with van der Waals surface area (Å²) in [5, 5.41) is 6.78. The number of hydrogen-bond acceptors (Lipinski definition) is 2. The van der Waals surface area contributed by atoms with Crippen molar-refractivity contribution >= 4 is 11.9 Å². The monoisotopic (exact) mass is 280 g/mol. The largest absolute Gasteiger partial charge is 0.356 e. The van der Waals surface area contributed by atoms with Crippen LogP contribution in [0.4, 0.5) is 0 Å². The van der Waals surface area contributed by atoms with E-state index in [0.717, 1.165) is 50.7 Å². The Hall–Kier alpha value is -1.26. The molecule has 3 atom stereocenters. The number of likely N-dealkylation sites (tertiary alicyclic amines) is 1. The average Bonchev–Trinajstić information content (AvgIpc) is 2.96. The Labute approximate surface area is 122 Å². The summed E-state index contributed by atoms with van der Waals surface area (Å²) in [6, 6.07) is 0.957. The number of hydrogen-bond donors (Lipinski definition) is 2. The molecule has 1 aliphatic carbocycles. The molecule has 2 fully saturated rings. The second-order valence-corrected chi connectivity index (χ2v) is 6.00. The predicted molar refractivity (Wildman–Crippen MR) is 81.7 cm³/mol. The van der Waals surface area contributed by atoms with Gasteiger partial charge in [-0.05, 0) is 31.6 Å². The number of guanidine groups is 1. The Morgan fingerprint density at radius 2 is 2.30 bits per heavy atom. The molecular formula is C15H28N4O. The Balaban J connectivity index is 1.71. The molecule has 1 saturated heterocycles. The molecule has 0 bridgehead atoms. The molecule has 0 aromatic heterocycles. The second-order valence-electron chi connectivity index (χ2n) is 6.00. The van der Waals surface area contributed by atoms with Gasteiger partial charge in [-0.15, -0.1) is 0 Å². The van der Waals surface area contributed by atoms with Crippen molar-refractivity contribution in [2.45, 2.75) is 58.0 Å². The molecule has 114 valence electrons. The van der Waals surface area contributed by atoms with Crippen LogP contribution in [0, 0.1) is 5.92 Å². The normalized spacial score (nSPS) is 27.6. The van der Waals surface area contributed by atoms with E-state index >= 15 is 0 Å². The highest BCUT2D eigenvalue weighted by Crippen LogP contribution is 2.28. The fourth-order valence-electron chi connectivity index (χ4n) is 2.89. The molecule has 1 amide bonds. The Kier molecular flexibility index (Phi) is 5.26. The second kappa shape index (κ2) is 6.95. The summed E-state index contributed by atoms with van der Waals surface area (Å²) in [6.45, 7) is 6.21. The maximum Gasteiger partial charge on any atom is 0.222 e. The SMILES string of the molecule is CCC(CCNC(=NC)NC1CC1C)N1CCCC1=O. The average molecular weight is 280 g/mol. The summed E-state index contributed by atoms with van der Waals surface area (Å²) in [7, 11) is 1.81. The van der Waals surface area contributed by atoms with E-state index in [0.29, 0.717) is 18.0 Å². The zero-order valence-electron chi connectivity index (χ0n) is 13.0. The van der Waals surface area contributed by atoms with Crippen molar-refractivity contribution in [3.63, 3.8) is 0 Å². The Bertz CT molecular complexity index is 369. The molecule has 1 saturated carbocycles. The van der Waals surface area contributed by atoms with Gasteiger partial charge in [0.05, 0.1) is 0 Å². The van der Waals surface area contributed by atoms with Crippen molar-refractivity contribution in [1.29, 1.82) is 0 Å². The van der Waals surface area contributed by atoms with Gasteiger partial charge in [-0.25, -0.2) is 0 Å². The lowest BCUT2D eigenvalue weighted by atomic mass is 10.1. The number of carbonyl (C=O) groups is 1. The van der Waals surface area contributed by atoms with Crippen LogP contribution in [0.1, 0.15) is 46.0 Å². The lowest BCUT2D eigenvalue weighted by Crippen LogP contribution is -2.42. The number of carbonyl (C=O) groups excluding carboxylic acids is 1. The highest BCUT2D eigenvalue weighted by molar-refractivity contribution is 5.80. The standard InChI is InChI=1S/C15H28N4O/c1-4-12(19-9-5-6-14(19)20)7-8-17-15(16-3)18-13-10-11(13)2/h11-13H,4-10H2,1-3H3,(H2,16,17,18). The van der Waals surface area contributed by atoms with E-state index in [4.69, 9.17) is 0 Å². The smallest absolute Gasteiger partial charge is 0.222 e. The molecule has 1 aliphatic heterocycles. The highest BCUT2D eigenvalue weighted by Gasteiger charge is 2.33. The van der Waals surface area contributed by atoms with E-state index in [1.807, 2.05) is 7.05 Å². The maximum absolute atomic E-state index is 11.8. The minimum Gasteiger partial charge on any atom is -0.356 e. The van der Waals surface area contributed by atoms with Gasteiger partial charge in [0.2, 0.25) is 5.91 Å². The first-order valence-electron chi connectivity index (χ1n) is 7.92. The molecule has 0 radical (unpaired) electrons. The first-order valence-corrected chi connectivity index (χ1v) is 7.92. The van der Waals surface area contributed by atoms with Crippen LogP contribution in [0.3, 0.4) is 0 Å². The van der Waals surface area contributed by atoms with E-state index in [1.165, 1.54) is 6.42 Å². The van der Waals surface area contributed by atoms with Crippen molar-refractivity contribution in [1.82, 2.24) is 15.5 Å². The van der Waals surface area contributed by atoms with E-state index in [9.17, 15) is 4.79 Å².